The monoisotopic (exact) mass is 476 g/mol. The molecule has 3 aromatic rings. The molecule has 1 aromatic heterocycles. The minimum atomic E-state index is -3.93. The van der Waals surface area contributed by atoms with Crippen LogP contribution in [0.3, 0.4) is 0 Å². The van der Waals surface area contributed by atoms with E-state index in [1.165, 1.54) is 17.0 Å². The summed E-state index contributed by atoms with van der Waals surface area (Å²) < 4.78 is 39.0. The molecule has 0 aliphatic carbocycles. The predicted octanol–water partition coefficient (Wildman–Crippen LogP) is 3.00. The summed E-state index contributed by atoms with van der Waals surface area (Å²) in [6, 6.07) is 10.2. The second kappa shape index (κ2) is 8.89. The van der Waals surface area contributed by atoms with Gasteiger partial charge in [0.25, 0.3) is 5.91 Å². The number of fused-ring (bicyclic) bond motifs is 1. The summed E-state index contributed by atoms with van der Waals surface area (Å²) in [5.41, 5.74) is 2.16. The molecule has 9 nitrogen and oxygen atoms in total. The average molecular weight is 477 g/mol. The van der Waals surface area contributed by atoms with E-state index in [9.17, 15) is 13.2 Å². The molecule has 0 unspecified atom stereocenters. The van der Waals surface area contributed by atoms with E-state index in [1.807, 2.05) is 38.1 Å². The van der Waals surface area contributed by atoms with Crippen LogP contribution in [0.25, 0.3) is 0 Å². The number of ether oxygens (including phenoxy) is 1. The molecule has 1 aliphatic heterocycles. The van der Waals surface area contributed by atoms with Crippen LogP contribution >= 0.6 is 11.6 Å². The Morgan fingerprint density at radius 1 is 1.25 bits per heavy atom. The third kappa shape index (κ3) is 4.47. The lowest BCUT2D eigenvalue weighted by molar-refractivity contribution is -0.121. The van der Waals surface area contributed by atoms with E-state index >= 15 is 0 Å². The van der Waals surface area contributed by atoms with Crippen molar-refractivity contribution in [2.24, 2.45) is 0 Å². The second-order valence-corrected chi connectivity index (χ2v) is 9.37. The number of aryl methyl sites for hydroxylation is 2. The van der Waals surface area contributed by atoms with Crippen molar-refractivity contribution in [3.63, 3.8) is 0 Å². The second-order valence-electron chi connectivity index (χ2n) is 7.23. The van der Waals surface area contributed by atoms with Crippen LogP contribution in [-0.4, -0.2) is 31.1 Å². The first-order valence-electron chi connectivity index (χ1n) is 9.91. The van der Waals surface area contributed by atoms with Gasteiger partial charge in [-0.25, -0.2) is 13.1 Å². The Bertz CT molecular complexity index is 1270. The van der Waals surface area contributed by atoms with Gasteiger partial charge in [-0.1, -0.05) is 47.9 Å². The number of rotatable bonds is 7. The summed E-state index contributed by atoms with van der Waals surface area (Å²) in [5.74, 6) is 0.685. The van der Waals surface area contributed by atoms with Gasteiger partial charge in [-0.3, -0.25) is 9.69 Å². The average Bonchev–Trinajstić information content (AvgIpc) is 3.23. The first kappa shape index (κ1) is 22.3. The minimum absolute atomic E-state index is 0.0355. The molecule has 1 amide bonds. The van der Waals surface area contributed by atoms with E-state index in [0.29, 0.717) is 23.8 Å². The molecule has 0 saturated carbocycles. The number of hydrogen-bond acceptors (Lipinski definition) is 7. The number of halogens is 1. The zero-order chi connectivity index (χ0) is 22.9. The SMILES string of the molecule is CCc1nc(CN2C(=O)COc3cc(S(=O)(=O)NCc4ccccc4C)c(Cl)cc32)no1. The topological polar surface area (TPSA) is 115 Å². The summed E-state index contributed by atoms with van der Waals surface area (Å²) in [6.07, 6.45) is 0.573. The molecular formula is C21H21ClN4O5S. The first-order valence-corrected chi connectivity index (χ1v) is 11.8. The van der Waals surface area contributed by atoms with Crippen LogP contribution < -0.4 is 14.4 Å². The van der Waals surface area contributed by atoms with Crippen molar-refractivity contribution in [1.29, 1.82) is 0 Å². The maximum absolute atomic E-state index is 12.9. The van der Waals surface area contributed by atoms with Crippen LogP contribution in [0.2, 0.25) is 5.02 Å². The molecule has 0 radical (unpaired) electrons. The number of nitrogens with one attached hydrogen (secondary N) is 1. The molecule has 0 bridgehead atoms. The number of amides is 1. The summed E-state index contributed by atoms with van der Waals surface area (Å²) in [6.45, 7) is 3.70. The van der Waals surface area contributed by atoms with Gasteiger partial charge < -0.3 is 9.26 Å². The van der Waals surface area contributed by atoms with E-state index in [1.54, 1.807) is 0 Å². The van der Waals surface area contributed by atoms with Gasteiger partial charge in [0.05, 0.1) is 17.3 Å². The Balaban J connectivity index is 1.61. The number of sulfonamides is 1. The highest BCUT2D eigenvalue weighted by Gasteiger charge is 2.30. The zero-order valence-electron chi connectivity index (χ0n) is 17.5. The Morgan fingerprint density at radius 3 is 2.75 bits per heavy atom. The van der Waals surface area contributed by atoms with Crippen molar-refractivity contribution in [2.45, 2.75) is 38.3 Å². The molecule has 2 heterocycles. The Morgan fingerprint density at radius 2 is 2.03 bits per heavy atom. The molecule has 0 fully saturated rings. The Labute approximate surface area is 190 Å². The largest absolute Gasteiger partial charge is 0.482 e. The molecular weight excluding hydrogens is 456 g/mol. The maximum atomic E-state index is 12.9. The van der Waals surface area contributed by atoms with Gasteiger partial charge >= 0.3 is 0 Å². The van der Waals surface area contributed by atoms with Crippen molar-refractivity contribution in [3.8, 4) is 5.75 Å². The van der Waals surface area contributed by atoms with Gasteiger partial charge in [0.1, 0.15) is 10.6 Å². The molecule has 1 N–H and O–H groups in total. The molecule has 0 spiro atoms. The van der Waals surface area contributed by atoms with Crippen LogP contribution in [0.15, 0.2) is 45.8 Å². The number of carbonyl (C=O) groups is 1. The number of hydrogen-bond donors (Lipinski definition) is 1. The highest BCUT2D eigenvalue weighted by molar-refractivity contribution is 7.89. The lowest BCUT2D eigenvalue weighted by Crippen LogP contribution is -2.38. The normalized spacial score (nSPS) is 13.7. The van der Waals surface area contributed by atoms with Crippen LogP contribution in [0.5, 0.6) is 5.75 Å². The van der Waals surface area contributed by atoms with E-state index < -0.39 is 10.0 Å². The summed E-state index contributed by atoms with van der Waals surface area (Å²) in [5, 5.41) is 3.83. The van der Waals surface area contributed by atoms with E-state index in [4.69, 9.17) is 20.9 Å². The third-order valence-corrected chi connectivity index (χ3v) is 6.94. The number of carbonyl (C=O) groups excluding carboxylic acids is 1. The quantitative estimate of drug-likeness (QED) is 0.557. The van der Waals surface area contributed by atoms with Gasteiger partial charge in [0.2, 0.25) is 15.9 Å². The van der Waals surface area contributed by atoms with Crippen molar-refractivity contribution in [1.82, 2.24) is 14.9 Å². The van der Waals surface area contributed by atoms with Crippen molar-refractivity contribution in [2.75, 3.05) is 11.5 Å². The van der Waals surface area contributed by atoms with E-state index in [2.05, 4.69) is 14.9 Å². The van der Waals surface area contributed by atoms with Crippen LogP contribution in [0.1, 0.15) is 29.8 Å². The summed E-state index contributed by atoms with van der Waals surface area (Å²) in [4.78, 5) is 17.9. The zero-order valence-corrected chi connectivity index (χ0v) is 19.0. The molecule has 1 aliphatic rings. The molecule has 2 aromatic carbocycles. The lowest BCUT2D eigenvalue weighted by atomic mass is 10.1. The summed E-state index contributed by atoms with van der Waals surface area (Å²) >= 11 is 6.34. The third-order valence-electron chi connectivity index (χ3n) is 5.07. The van der Waals surface area contributed by atoms with Gasteiger partial charge in [0, 0.05) is 19.0 Å². The highest BCUT2D eigenvalue weighted by atomic mass is 35.5. The van der Waals surface area contributed by atoms with Crippen molar-refractivity contribution >= 4 is 33.2 Å². The van der Waals surface area contributed by atoms with Gasteiger partial charge in [-0.15, -0.1) is 0 Å². The molecule has 168 valence electrons. The van der Waals surface area contributed by atoms with Crippen molar-refractivity contribution in [3.05, 3.63) is 64.3 Å². The molecule has 0 atom stereocenters. The standard InChI is InChI=1S/C21H21ClN4O5S/c1-3-20-24-19(25-31-20)11-26-16-8-15(22)18(9-17(16)30-12-21(26)27)32(28,29)23-10-14-7-5-4-6-13(14)2/h4-9,23H,3,10-12H2,1-2H3. The predicted molar refractivity (Wildman–Crippen MR) is 117 cm³/mol. The number of anilines is 1. The molecule has 0 saturated heterocycles. The lowest BCUT2D eigenvalue weighted by Gasteiger charge is -2.29. The highest BCUT2D eigenvalue weighted by Crippen LogP contribution is 2.39. The van der Waals surface area contributed by atoms with Crippen LogP contribution in [0, 0.1) is 6.92 Å². The van der Waals surface area contributed by atoms with Gasteiger partial charge in [-0.05, 0) is 24.1 Å². The molecule has 4 rings (SSSR count). The van der Waals surface area contributed by atoms with Gasteiger partial charge in [-0.2, -0.15) is 4.98 Å². The first-order chi connectivity index (χ1) is 15.3. The van der Waals surface area contributed by atoms with Crippen LogP contribution in [0.4, 0.5) is 5.69 Å². The Hall–Kier alpha value is -2.95. The number of nitrogens with zero attached hydrogens (tertiary/aromatic N) is 3. The fourth-order valence-corrected chi connectivity index (χ4v) is 4.82. The number of benzene rings is 2. The van der Waals surface area contributed by atoms with E-state index in [-0.39, 0.29) is 41.3 Å². The summed E-state index contributed by atoms with van der Waals surface area (Å²) in [7, 11) is -3.93. The Kier molecular flexibility index (Phi) is 6.18. The van der Waals surface area contributed by atoms with Crippen molar-refractivity contribution < 1.29 is 22.5 Å². The van der Waals surface area contributed by atoms with E-state index in [0.717, 1.165) is 11.1 Å². The molecule has 11 heteroatoms. The minimum Gasteiger partial charge on any atom is -0.482 e. The smallest absolute Gasteiger partial charge is 0.265 e. The maximum Gasteiger partial charge on any atom is 0.265 e. The fourth-order valence-electron chi connectivity index (χ4n) is 3.28. The van der Waals surface area contributed by atoms with Gasteiger partial charge in [0.15, 0.2) is 12.4 Å². The number of aromatic nitrogens is 2. The van der Waals surface area contributed by atoms with Crippen LogP contribution in [-0.2, 0) is 34.3 Å². The molecule has 32 heavy (non-hydrogen) atoms. The fraction of sp³-hybridized carbons (Fsp3) is 0.286.